The van der Waals surface area contributed by atoms with Crippen LogP contribution < -0.4 is 21.3 Å². The molecule has 204 valence electrons. The predicted molar refractivity (Wildman–Crippen MR) is 115 cm³/mol. The normalized spacial score (nSPS) is 18.5. The summed E-state index contributed by atoms with van der Waals surface area (Å²) in [7, 11) is 0. The Morgan fingerprint density at radius 1 is 1.16 bits per heavy atom. The maximum absolute atomic E-state index is 13.0. The number of carbonyl (C=O) groups is 1. The van der Waals surface area contributed by atoms with Gasteiger partial charge in [0.2, 0.25) is 11.9 Å². The number of hydroxylamine groups is 1. The molecule has 0 spiro atoms. The van der Waals surface area contributed by atoms with E-state index in [-0.39, 0.29) is 38.5 Å². The van der Waals surface area contributed by atoms with Gasteiger partial charge in [-0.3, -0.25) is 14.4 Å². The van der Waals surface area contributed by atoms with Crippen molar-refractivity contribution in [1.29, 1.82) is 0 Å². The zero-order valence-electron chi connectivity index (χ0n) is 19.1. The van der Waals surface area contributed by atoms with E-state index < -0.39 is 52.7 Å². The molecule has 1 aliphatic heterocycles. The highest BCUT2D eigenvalue weighted by Gasteiger charge is 2.37. The number of carbonyl (C=O) groups excluding carboxylic acids is 1. The number of piperidine rings is 1. The van der Waals surface area contributed by atoms with Gasteiger partial charge < -0.3 is 15.3 Å². The Morgan fingerprint density at radius 3 is 2.49 bits per heavy atom. The van der Waals surface area contributed by atoms with Gasteiger partial charge in [0.25, 0.3) is 5.56 Å². The Kier molecular flexibility index (Phi) is 8.90. The molecule has 0 saturated carbocycles. The van der Waals surface area contributed by atoms with E-state index in [4.69, 9.17) is 4.84 Å². The summed E-state index contributed by atoms with van der Waals surface area (Å²) in [5, 5.41) is 17.9. The summed E-state index contributed by atoms with van der Waals surface area (Å²) in [6, 6.07) is 0. The largest absolute Gasteiger partial charge is 0.423 e. The van der Waals surface area contributed by atoms with Crippen LogP contribution in [-0.4, -0.2) is 63.5 Å². The molecule has 3 heterocycles. The molecule has 0 radical (unpaired) electrons. The number of hydrogen-bond donors (Lipinski definition) is 4. The second-order valence-electron chi connectivity index (χ2n) is 8.18. The smallest absolute Gasteiger partial charge is 0.391 e. The van der Waals surface area contributed by atoms with Crippen molar-refractivity contribution in [2.75, 3.05) is 36.5 Å². The number of aromatic amines is 1. The third kappa shape index (κ3) is 7.75. The van der Waals surface area contributed by atoms with Crippen molar-refractivity contribution in [2.24, 2.45) is 5.92 Å². The summed E-state index contributed by atoms with van der Waals surface area (Å²) in [6.07, 6.45) is -7.81. The lowest BCUT2D eigenvalue weighted by Crippen LogP contribution is -2.46. The zero-order chi connectivity index (χ0) is 27.2. The molecule has 37 heavy (non-hydrogen) atoms. The minimum absolute atomic E-state index is 0.00667. The molecule has 0 unspecified atom stereocenters. The first-order valence-electron chi connectivity index (χ1n) is 11.0. The number of rotatable bonds is 9. The Hall–Kier alpha value is -3.47. The number of nitrogens with zero attached hydrogens (tertiary/aromatic N) is 4. The Bertz CT molecular complexity index is 1110. The monoisotopic (exact) mass is 539 g/mol. The van der Waals surface area contributed by atoms with Gasteiger partial charge in [-0.05, 0) is 18.8 Å². The van der Waals surface area contributed by atoms with Crippen molar-refractivity contribution < 1.29 is 41.1 Å². The fourth-order valence-corrected chi connectivity index (χ4v) is 3.62. The molecule has 3 rings (SSSR count). The Morgan fingerprint density at radius 2 is 1.86 bits per heavy atom. The van der Waals surface area contributed by atoms with Crippen LogP contribution in [0.15, 0.2) is 23.4 Å². The number of H-pyrrole nitrogens is 1. The summed E-state index contributed by atoms with van der Waals surface area (Å²) in [4.78, 5) is 37.4. The summed E-state index contributed by atoms with van der Waals surface area (Å²) in [5.74, 6) is -0.944. The number of aliphatic hydroxyl groups excluding tert-OH is 1. The molecule has 1 amide bonds. The van der Waals surface area contributed by atoms with Crippen LogP contribution in [0.1, 0.15) is 30.4 Å². The molecular formula is C20H23F6N7O4. The van der Waals surface area contributed by atoms with Gasteiger partial charge in [0, 0.05) is 38.4 Å². The number of amides is 1. The summed E-state index contributed by atoms with van der Waals surface area (Å²) < 4.78 is 76.9. The fraction of sp³-hybridized carbons (Fsp3) is 0.550. The van der Waals surface area contributed by atoms with Gasteiger partial charge in [0.1, 0.15) is 5.56 Å². The third-order valence-corrected chi connectivity index (χ3v) is 5.48. The van der Waals surface area contributed by atoms with Crippen LogP contribution in [0.2, 0.25) is 0 Å². The van der Waals surface area contributed by atoms with Crippen molar-refractivity contribution in [2.45, 2.75) is 37.7 Å². The van der Waals surface area contributed by atoms with Gasteiger partial charge in [0.15, 0.2) is 0 Å². The number of β-amino-alcohol motifs (C(OH)–C–C–N with tert-alkyl or cyclic N) is 1. The number of anilines is 2. The molecule has 2 atom stereocenters. The van der Waals surface area contributed by atoms with E-state index in [1.807, 2.05) is 0 Å². The number of nitrogens with one attached hydrogen (secondary N) is 3. The molecular weight excluding hydrogens is 516 g/mol. The molecule has 1 saturated heterocycles. The van der Waals surface area contributed by atoms with Crippen molar-refractivity contribution >= 4 is 17.5 Å². The number of aromatic nitrogens is 4. The molecule has 1 fully saturated rings. The maximum atomic E-state index is 13.0. The average Bonchev–Trinajstić information content (AvgIpc) is 2.81. The van der Waals surface area contributed by atoms with E-state index in [9.17, 15) is 41.0 Å². The average molecular weight is 539 g/mol. The fourth-order valence-electron chi connectivity index (χ4n) is 3.62. The summed E-state index contributed by atoms with van der Waals surface area (Å²) in [5.41, 5.74) is -2.06. The van der Waals surface area contributed by atoms with E-state index in [2.05, 4.69) is 25.9 Å². The molecule has 2 aromatic heterocycles. The minimum atomic E-state index is -4.87. The lowest BCUT2D eigenvalue weighted by atomic mass is 9.91. The SMILES string of the molecule is O=C(C[C@H]1CCN(c2ncc(C(F)(F)F)cn2)C[C@H]1O)NOCCCNc1cn[nH]c(=O)c1C(F)(F)F. The number of aliphatic hydroxyl groups is 1. The van der Waals surface area contributed by atoms with E-state index in [1.54, 1.807) is 5.10 Å². The van der Waals surface area contributed by atoms with Crippen LogP contribution in [0.25, 0.3) is 0 Å². The Balaban J connectivity index is 1.36. The molecule has 1 aliphatic rings. The number of hydrogen-bond acceptors (Lipinski definition) is 9. The lowest BCUT2D eigenvalue weighted by Gasteiger charge is -2.35. The Labute approximate surface area is 205 Å². The molecule has 0 aliphatic carbocycles. The van der Waals surface area contributed by atoms with Crippen LogP contribution in [-0.2, 0) is 22.0 Å². The lowest BCUT2D eigenvalue weighted by molar-refractivity contribution is -0.139. The molecule has 2 aromatic rings. The molecule has 4 N–H and O–H groups in total. The molecule has 17 heteroatoms. The summed E-state index contributed by atoms with van der Waals surface area (Å²) >= 11 is 0. The van der Waals surface area contributed by atoms with Gasteiger partial charge in [-0.2, -0.15) is 31.4 Å². The molecule has 11 nitrogen and oxygen atoms in total. The van der Waals surface area contributed by atoms with Crippen molar-refractivity contribution in [3.8, 4) is 0 Å². The van der Waals surface area contributed by atoms with Gasteiger partial charge >= 0.3 is 12.4 Å². The second kappa shape index (κ2) is 11.7. The standard InChI is InChI=1S/C20H23F6N7O4/c21-19(22,23)12-7-28-18(29-8-12)33-4-2-11(14(34)10-33)6-15(35)32-37-5-1-3-27-13-9-30-31-17(36)16(13)20(24,25)26/h7-9,11,14,34H,1-6,10H2,(H,32,35)(H2,27,31,36)/t11-,14-/m1/s1. The second-order valence-corrected chi connectivity index (χ2v) is 8.18. The number of halogens is 6. The highest BCUT2D eigenvalue weighted by Crippen LogP contribution is 2.31. The van der Waals surface area contributed by atoms with Gasteiger partial charge in [-0.1, -0.05) is 0 Å². The first-order chi connectivity index (χ1) is 17.4. The van der Waals surface area contributed by atoms with Crippen molar-refractivity contribution in [1.82, 2.24) is 25.6 Å². The van der Waals surface area contributed by atoms with Crippen molar-refractivity contribution in [3.05, 3.63) is 40.1 Å². The van der Waals surface area contributed by atoms with E-state index in [1.165, 1.54) is 4.90 Å². The number of alkyl halides is 6. The minimum Gasteiger partial charge on any atom is -0.391 e. The molecule has 0 aromatic carbocycles. The highest BCUT2D eigenvalue weighted by atomic mass is 19.4. The van der Waals surface area contributed by atoms with Gasteiger partial charge in [0.05, 0.1) is 30.2 Å². The first-order valence-corrected chi connectivity index (χ1v) is 11.0. The summed E-state index contributed by atoms with van der Waals surface area (Å²) in [6.45, 7) is 0.271. The maximum Gasteiger partial charge on any atom is 0.423 e. The zero-order valence-corrected chi connectivity index (χ0v) is 19.1. The first kappa shape index (κ1) is 28.1. The quantitative estimate of drug-likeness (QED) is 0.213. The van der Waals surface area contributed by atoms with Crippen LogP contribution in [0.4, 0.5) is 38.0 Å². The van der Waals surface area contributed by atoms with Crippen molar-refractivity contribution in [3.63, 3.8) is 0 Å². The van der Waals surface area contributed by atoms with Crippen LogP contribution in [0, 0.1) is 5.92 Å². The van der Waals surface area contributed by atoms with Gasteiger partial charge in [-0.25, -0.2) is 20.5 Å². The van der Waals surface area contributed by atoms with E-state index >= 15 is 0 Å². The highest BCUT2D eigenvalue weighted by molar-refractivity contribution is 5.75. The molecule has 0 bridgehead atoms. The van der Waals surface area contributed by atoms with Crippen LogP contribution >= 0.6 is 0 Å². The topological polar surface area (TPSA) is 145 Å². The van der Waals surface area contributed by atoms with Gasteiger partial charge in [-0.15, -0.1) is 0 Å². The van der Waals surface area contributed by atoms with E-state index in [0.717, 1.165) is 6.20 Å². The third-order valence-electron chi connectivity index (χ3n) is 5.48. The predicted octanol–water partition coefficient (Wildman–Crippen LogP) is 1.72. The van der Waals surface area contributed by atoms with Crippen LogP contribution in [0.3, 0.4) is 0 Å². The van der Waals surface area contributed by atoms with E-state index in [0.29, 0.717) is 25.4 Å². The van der Waals surface area contributed by atoms with Crippen LogP contribution in [0.5, 0.6) is 0 Å².